The number of nitrogens with one attached hydrogen (secondary N) is 3. The largest absolute Gasteiger partial charge is 0.378 e. The maximum atomic E-state index is 5.94. The van der Waals surface area contributed by atoms with Gasteiger partial charge in [-0.15, -0.1) is 0 Å². The van der Waals surface area contributed by atoms with E-state index in [2.05, 4.69) is 30.9 Å². The highest BCUT2D eigenvalue weighted by Crippen LogP contribution is 2.23. The van der Waals surface area contributed by atoms with E-state index >= 15 is 0 Å². The molecule has 29 heavy (non-hydrogen) atoms. The van der Waals surface area contributed by atoms with Crippen molar-refractivity contribution in [2.24, 2.45) is 5.73 Å². The number of aromatic nitrogens is 3. The highest BCUT2D eigenvalue weighted by Gasteiger charge is 2.22. The van der Waals surface area contributed by atoms with Crippen LogP contribution >= 0.6 is 11.6 Å². The van der Waals surface area contributed by atoms with Crippen LogP contribution in [0.25, 0.3) is 0 Å². The zero-order valence-electron chi connectivity index (χ0n) is 16.4. The van der Waals surface area contributed by atoms with Gasteiger partial charge in [-0.3, -0.25) is 0 Å². The van der Waals surface area contributed by atoms with E-state index in [1.165, 1.54) is 0 Å². The summed E-state index contributed by atoms with van der Waals surface area (Å²) in [5, 5.41) is 10.5. The van der Waals surface area contributed by atoms with Crippen LogP contribution in [-0.2, 0) is 16.0 Å². The van der Waals surface area contributed by atoms with Crippen LogP contribution < -0.4 is 21.7 Å². The average molecular weight is 422 g/mol. The molecule has 1 heterocycles. The number of hydrogen-bond acceptors (Lipinski definition) is 9. The average Bonchev–Trinajstić information content (AvgIpc) is 3.53. The minimum Gasteiger partial charge on any atom is -0.378 e. The van der Waals surface area contributed by atoms with E-state index in [1.807, 2.05) is 24.3 Å². The molecular weight excluding hydrogens is 394 g/mol. The van der Waals surface area contributed by atoms with Crippen LogP contribution in [0.15, 0.2) is 24.3 Å². The summed E-state index contributed by atoms with van der Waals surface area (Å²) in [7, 11) is 0. The van der Waals surface area contributed by atoms with E-state index in [-0.39, 0.29) is 0 Å². The van der Waals surface area contributed by atoms with Crippen LogP contribution in [0, 0.1) is 0 Å². The van der Waals surface area contributed by atoms with Gasteiger partial charge in [-0.2, -0.15) is 15.0 Å². The number of anilines is 3. The van der Waals surface area contributed by atoms with Crippen LogP contribution in [-0.4, -0.2) is 60.5 Å². The maximum Gasteiger partial charge on any atom is 0.229 e. The molecule has 0 aliphatic heterocycles. The Labute approximate surface area is 175 Å². The Morgan fingerprint density at radius 3 is 2.24 bits per heavy atom. The van der Waals surface area contributed by atoms with Crippen LogP contribution in [0.4, 0.5) is 17.8 Å². The van der Waals surface area contributed by atoms with Crippen LogP contribution in [0.1, 0.15) is 18.4 Å². The molecule has 3 rings (SSSR count). The molecule has 1 aliphatic carbocycles. The number of halogens is 1. The zero-order valence-corrected chi connectivity index (χ0v) is 17.1. The summed E-state index contributed by atoms with van der Waals surface area (Å²) in [5.41, 5.74) is 6.45. The minimum atomic E-state index is 0.450. The van der Waals surface area contributed by atoms with Gasteiger partial charge in [0.15, 0.2) is 0 Å². The van der Waals surface area contributed by atoms with E-state index in [0.717, 1.165) is 18.4 Å². The molecule has 1 fully saturated rings. The molecule has 0 radical (unpaired) electrons. The first-order valence-corrected chi connectivity index (χ1v) is 10.2. The van der Waals surface area contributed by atoms with Crippen molar-refractivity contribution in [2.45, 2.75) is 25.4 Å². The fourth-order valence-corrected chi connectivity index (χ4v) is 2.56. The summed E-state index contributed by atoms with van der Waals surface area (Å²) in [5.74, 6) is 1.58. The van der Waals surface area contributed by atoms with Gasteiger partial charge in [-0.05, 0) is 30.5 Å². The normalized spacial score (nSPS) is 13.3. The SMILES string of the molecule is NCCOCCOCCNc1nc(NCc2ccc(Cl)cc2)nc(NC2CC2)n1. The monoisotopic (exact) mass is 421 g/mol. The molecule has 1 aromatic carbocycles. The van der Waals surface area contributed by atoms with Crippen molar-refractivity contribution >= 4 is 29.4 Å². The molecule has 1 aliphatic rings. The topological polar surface area (TPSA) is 119 Å². The predicted molar refractivity (Wildman–Crippen MR) is 114 cm³/mol. The first kappa shape index (κ1) is 21.5. The molecule has 0 saturated heterocycles. The standard InChI is InChI=1S/C19H28ClN7O2/c20-15-3-1-14(2-4-15)13-23-18-25-17(26-19(27-18)24-16-5-6-16)22-8-10-29-12-11-28-9-7-21/h1-4,16H,5-13,21H2,(H3,22,23,24,25,26,27). The third-order valence-electron chi connectivity index (χ3n) is 4.07. The van der Waals surface area contributed by atoms with Gasteiger partial charge >= 0.3 is 0 Å². The molecule has 10 heteroatoms. The Morgan fingerprint density at radius 1 is 0.897 bits per heavy atom. The number of nitrogens with two attached hydrogens (primary N) is 1. The highest BCUT2D eigenvalue weighted by atomic mass is 35.5. The number of hydrogen-bond donors (Lipinski definition) is 4. The van der Waals surface area contributed by atoms with Gasteiger partial charge in [-0.1, -0.05) is 23.7 Å². The van der Waals surface area contributed by atoms with Gasteiger partial charge in [-0.25, -0.2) is 0 Å². The zero-order chi connectivity index (χ0) is 20.3. The number of ether oxygens (including phenoxy) is 2. The number of nitrogens with zero attached hydrogens (tertiary/aromatic N) is 3. The van der Waals surface area contributed by atoms with Crippen molar-refractivity contribution < 1.29 is 9.47 Å². The van der Waals surface area contributed by atoms with Gasteiger partial charge in [0, 0.05) is 30.7 Å². The third kappa shape index (κ3) is 8.36. The summed E-state index contributed by atoms with van der Waals surface area (Å²) in [6.07, 6.45) is 2.28. The third-order valence-corrected chi connectivity index (χ3v) is 4.33. The second-order valence-corrected chi connectivity index (χ2v) is 7.08. The molecule has 0 unspecified atom stereocenters. The van der Waals surface area contributed by atoms with E-state index in [4.69, 9.17) is 26.8 Å². The first-order valence-electron chi connectivity index (χ1n) is 9.83. The molecule has 158 valence electrons. The lowest BCUT2D eigenvalue weighted by Crippen LogP contribution is -2.17. The number of benzene rings is 1. The van der Waals surface area contributed by atoms with Crippen LogP contribution in [0.2, 0.25) is 5.02 Å². The van der Waals surface area contributed by atoms with Crippen LogP contribution in [0.3, 0.4) is 0 Å². The van der Waals surface area contributed by atoms with E-state index in [9.17, 15) is 0 Å². The quantitative estimate of drug-likeness (QED) is 0.340. The summed E-state index contributed by atoms with van der Waals surface area (Å²) < 4.78 is 10.8. The summed E-state index contributed by atoms with van der Waals surface area (Å²) in [6.45, 7) is 3.84. The Kier molecular flexibility index (Phi) is 8.69. The summed E-state index contributed by atoms with van der Waals surface area (Å²) >= 11 is 5.94. The van der Waals surface area contributed by atoms with Gasteiger partial charge in [0.25, 0.3) is 0 Å². The molecular formula is C19H28ClN7O2. The maximum absolute atomic E-state index is 5.94. The molecule has 0 bridgehead atoms. The molecule has 1 saturated carbocycles. The van der Waals surface area contributed by atoms with E-state index in [0.29, 0.717) is 75.0 Å². The van der Waals surface area contributed by atoms with Gasteiger partial charge < -0.3 is 31.2 Å². The summed E-state index contributed by atoms with van der Waals surface area (Å²) in [4.78, 5) is 13.4. The van der Waals surface area contributed by atoms with E-state index < -0.39 is 0 Å². The van der Waals surface area contributed by atoms with Crippen LogP contribution in [0.5, 0.6) is 0 Å². The van der Waals surface area contributed by atoms with Crippen molar-refractivity contribution in [3.05, 3.63) is 34.9 Å². The van der Waals surface area contributed by atoms with Crippen molar-refractivity contribution in [3.63, 3.8) is 0 Å². The Bertz CT molecular complexity index is 744. The minimum absolute atomic E-state index is 0.450. The smallest absolute Gasteiger partial charge is 0.229 e. The van der Waals surface area contributed by atoms with Gasteiger partial charge in [0.1, 0.15) is 0 Å². The molecule has 0 amide bonds. The fourth-order valence-electron chi connectivity index (χ4n) is 2.43. The molecule has 0 spiro atoms. The lowest BCUT2D eigenvalue weighted by Gasteiger charge is -2.11. The van der Waals surface area contributed by atoms with Crippen molar-refractivity contribution in [3.8, 4) is 0 Å². The lowest BCUT2D eigenvalue weighted by atomic mass is 10.2. The Balaban J connectivity index is 1.49. The highest BCUT2D eigenvalue weighted by molar-refractivity contribution is 6.30. The Hall–Kier alpha value is -2.20. The molecule has 0 atom stereocenters. The molecule has 5 N–H and O–H groups in total. The molecule has 2 aromatic rings. The van der Waals surface area contributed by atoms with Gasteiger partial charge in [0.2, 0.25) is 17.8 Å². The first-order chi connectivity index (χ1) is 14.2. The predicted octanol–water partition coefficient (Wildman–Crippen LogP) is 2.12. The Morgan fingerprint density at radius 2 is 1.55 bits per heavy atom. The van der Waals surface area contributed by atoms with Crippen molar-refractivity contribution in [1.82, 2.24) is 15.0 Å². The second-order valence-electron chi connectivity index (χ2n) is 6.65. The second kappa shape index (κ2) is 11.7. The lowest BCUT2D eigenvalue weighted by molar-refractivity contribution is 0.0547. The number of rotatable bonds is 14. The van der Waals surface area contributed by atoms with Crippen molar-refractivity contribution in [1.29, 1.82) is 0 Å². The summed E-state index contributed by atoms with van der Waals surface area (Å²) in [6, 6.07) is 8.10. The van der Waals surface area contributed by atoms with Crippen molar-refractivity contribution in [2.75, 3.05) is 55.5 Å². The molecule has 1 aromatic heterocycles. The fraction of sp³-hybridized carbons (Fsp3) is 0.526. The van der Waals surface area contributed by atoms with E-state index in [1.54, 1.807) is 0 Å². The van der Waals surface area contributed by atoms with Gasteiger partial charge in [0.05, 0.1) is 26.4 Å². The molecule has 9 nitrogen and oxygen atoms in total.